The molecule has 0 aliphatic heterocycles. The van der Waals surface area contributed by atoms with Gasteiger partial charge in [-0.15, -0.1) is 0 Å². The fourth-order valence-electron chi connectivity index (χ4n) is 2.35. The quantitative estimate of drug-likeness (QED) is 0.885. The van der Waals surface area contributed by atoms with Crippen LogP contribution in [0.25, 0.3) is 11.1 Å². The minimum Gasteiger partial charge on any atom is -0.341 e. The maximum atomic E-state index is 12.0. The second kappa shape index (κ2) is 7.60. The van der Waals surface area contributed by atoms with Gasteiger partial charge < -0.3 is 10.6 Å². The van der Waals surface area contributed by atoms with Crippen molar-refractivity contribution < 1.29 is 4.79 Å². The molecule has 1 amide bonds. The first-order valence-corrected chi connectivity index (χ1v) is 7.29. The van der Waals surface area contributed by atoms with Gasteiger partial charge in [-0.05, 0) is 29.7 Å². The molecule has 0 spiro atoms. The van der Waals surface area contributed by atoms with Crippen molar-refractivity contribution >= 4 is 5.91 Å². The molecule has 2 rings (SSSR count). The number of amides is 1. The zero-order chi connectivity index (χ0) is 15.1. The number of nitrogens with two attached hydrogens (primary N) is 1. The molecule has 3 nitrogen and oxygen atoms in total. The summed E-state index contributed by atoms with van der Waals surface area (Å²) in [5, 5.41) is 0. The molecule has 3 heteroatoms. The Hall–Kier alpha value is -2.13. The molecule has 110 valence electrons. The number of carbonyl (C=O) groups excluding carboxylic acids is 1. The molecule has 0 unspecified atom stereocenters. The van der Waals surface area contributed by atoms with Gasteiger partial charge >= 0.3 is 0 Å². The molecule has 2 aromatic rings. The second-order valence-electron chi connectivity index (χ2n) is 5.17. The van der Waals surface area contributed by atoms with Gasteiger partial charge in [0.25, 0.3) is 0 Å². The van der Waals surface area contributed by atoms with Gasteiger partial charge in [-0.1, -0.05) is 54.6 Å². The van der Waals surface area contributed by atoms with Crippen LogP contribution in [0.15, 0.2) is 54.6 Å². The Morgan fingerprint density at radius 1 is 1.05 bits per heavy atom. The van der Waals surface area contributed by atoms with E-state index in [1.54, 1.807) is 4.90 Å². The molecule has 0 saturated carbocycles. The van der Waals surface area contributed by atoms with Crippen molar-refractivity contribution in [1.29, 1.82) is 0 Å². The van der Waals surface area contributed by atoms with Crippen LogP contribution >= 0.6 is 0 Å². The van der Waals surface area contributed by atoms with Crippen LogP contribution in [-0.4, -0.2) is 24.4 Å². The van der Waals surface area contributed by atoms with Crippen molar-refractivity contribution in [2.24, 2.45) is 5.73 Å². The Bertz CT molecular complexity index is 581. The normalized spacial score (nSPS) is 10.4. The summed E-state index contributed by atoms with van der Waals surface area (Å²) in [5.74, 6) is 0.142. The molecule has 0 atom stereocenters. The van der Waals surface area contributed by atoms with Crippen LogP contribution < -0.4 is 5.73 Å². The summed E-state index contributed by atoms with van der Waals surface area (Å²) in [4.78, 5) is 13.8. The van der Waals surface area contributed by atoms with E-state index in [4.69, 9.17) is 5.73 Å². The minimum atomic E-state index is 0.142. The monoisotopic (exact) mass is 282 g/mol. The van der Waals surface area contributed by atoms with E-state index in [1.165, 1.54) is 11.1 Å². The van der Waals surface area contributed by atoms with E-state index in [-0.39, 0.29) is 5.91 Å². The van der Waals surface area contributed by atoms with E-state index in [1.807, 2.05) is 37.4 Å². The highest BCUT2D eigenvalue weighted by molar-refractivity contribution is 5.76. The third kappa shape index (κ3) is 4.17. The third-order valence-electron chi connectivity index (χ3n) is 3.53. The summed E-state index contributed by atoms with van der Waals surface area (Å²) >= 11 is 0. The lowest BCUT2D eigenvalue weighted by Crippen LogP contribution is -2.26. The highest BCUT2D eigenvalue weighted by atomic mass is 16.2. The van der Waals surface area contributed by atoms with Crippen LogP contribution in [0.3, 0.4) is 0 Å². The largest absolute Gasteiger partial charge is 0.341 e. The van der Waals surface area contributed by atoms with Gasteiger partial charge in [0.2, 0.25) is 5.91 Å². The van der Waals surface area contributed by atoms with Gasteiger partial charge in [-0.3, -0.25) is 4.79 Å². The minimum absolute atomic E-state index is 0.142. The molecule has 0 aliphatic rings. The maximum Gasteiger partial charge on any atom is 0.222 e. The third-order valence-corrected chi connectivity index (χ3v) is 3.53. The molecule has 2 N–H and O–H groups in total. The molecule has 21 heavy (non-hydrogen) atoms. The van der Waals surface area contributed by atoms with Crippen molar-refractivity contribution in [1.82, 2.24) is 4.90 Å². The van der Waals surface area contributed by atoms with E-state index >= 15 is 0 Å². The summed E-state index contributed by atoms with van der Waals surface area (Å²) in [6.07, 6.45) is 1.25. The number of carbonyl (C=O) groups is 1. The lowest BCUT2D eigenvalue weighted by molar-refractivity contribution is -0.130. The average molecular weight is 282 g/mol. The molecule has 2 aromatic carbocycles. The van der Waals surface area contributed by atoms with Gasteiger partial charge in [0.05, 0.1) is 0 Å². The van der Waals surface area contributed by atoms with Gasteiger partial charge in [-0.2, -0.15) is 0 Å². The summed E-state index contributed by atoms with van der Waals surface area (Å²) in [6.45, 7) is 1.18. The Morgan fingerprint density at radius 3 is 2.43 bits per heavy atom. The average Bonchev–Trinajstić information content (AvgIpc) is 2.54. The topological polar surface area (TPSA) is 46.3 Å². The predicted octanol–water partition coefficient (Wildman–Crippen LogP) is 3.05. The van der Waals surface area contributed by atoms with Crippen LogP contribution in [-0.2, 0) is 11.3 Å². The summed E-state index contributed by atoms with van der Waals surface area (Å²) in [6, 6.07) is 18.5. The molecular weight excluding hydrogens is 260 g/mol. The molecule has 0 saturated heterocycles. The zero-order valence-corrected chi connectivity index (χ0v) is 12.5. The second-order valence-corrected chi connectivity index (χ2v) is 5.17. The Balaban J connectivity index is 2.16. The Morgan fingerprint density at radius 2 is 1.71 bits per heavy atom. The Kier molecular flexibility index (Phi) is 5.52. The molecule has 0 fully saturated rings. The lowest BCUT2D eigenvalue weighted by atomic mass is 9.99. The fraction of sp³-hybridized carbons (Fsp3) is 0.278. The number of hydrogen-bond acceptors (Lipinski definition) is 2. The summed E-state index contributed by atoms with van der Waals surface area (Å²) < 4.78 is 0. The van der Waals surface area contributed by atoms with Gasteiger partial charge in [0, 0.05) is 20.0 Å². The first-order chi connectivity index (χ1) is 10.2. The van der Waals surface area contributed by atoms with Crippen LogP contribution in [0.2, 0.25) is 0 Å². The smallest absolute Gasteiger partial charge is 0.222 e. The van der Waals surface area contributed by atoms with Gasteiger partial charge in [0.15, 0.2) is 0 Å². The van der Waals surface area contributed by atoms with Gasteiger partial charge in [-0.25, -0.2) is 0 Å². The predicted molar refractivity (Wildman–Crippen MR) is 86.6 cm³/mol. The number of hydrogen-bond donors (Lipinski definition) is 1. The van der Waals surface area contributed by atoms with E-state index in [0.717, 1.165) is 12.0 Å². The molecule has 0 bridgehead atoms. The van der Waals surface area contributed by atoms with E-state index in [9.17, 15) is 4.79 Å². The zero-order valence-electron chi connectivity index (χ0n) is 12.5. The summed E-state index contributed by atoms with van der Waals surface area (Å²) in [5.41, 5.74) is 8.97. The lowest BCUT2D eigenvalue weighted by Gasteiger charge is -2.19. The van der Waals surface area contributed by atoms with E-state index in [2.05, 4.69) is 24.3 Å². The highest BCUT2D eigenvalue weighted by Gasteiger charge is 2.11. The van der Waals surface area contributed by atoms with Crippen LogP contribution in [0.5, 0.6) is 0 Å². The Labute approximate surface area is 126 Å². The first-order valence-electron chi connectivity index (χ1n) is 7.29. The number of rotatable bonds is 6. The molecule has 0 heterocycles. The van der Waals surface area contributed by atoms with Crippen LogP contribution in [0.1, 0.15) is 18.4 Å². The molecule has 0 aliphatic carbocycles. The maximum absolute atomic E-state index is 12.0. The number of nitrogens with zero attached hydrogens (tertiary/aromatic N) is 1. The van der Waals surface area contributed by atoms with Crippen molar-refractivity contribution in [3.05, 3.63) is 60.2 Å². The molecular formula is C18H22N2O. The molecule has 0 radical (unpaired) electrons. The fourth-order valence-corrected chi connectivity index (χ4v) is 2.35. The van der Waals surface area contributed by atoms with Gasteiger partial charge in [0.1, 0.15) is 0 Å². The SMILES string of the molecule is CN(Cc1ccccc1-c1ccccc1)C(=O)CCCN. The molecule has 0 aromatic heterocycles. The van der Waals surface area contributed by atoms with Crippen molar-refractivity contribution in [2.45, 2.75) is 19.4 Å². The van der Waals surface area contributed by atoms with Crippen LogP contribution in [0.4, 0.5) is 0 Å². The number of benzene rings is 2. The summed E-state index contributed by atoms with van der Waals surface area (Å²) in [7, 11) is 1.85. The van der Waals surface area contributed by atoms with Crippen LogP contribution in [0, 0.1) is 0 Å². The van der Waals surface area contributed by atoms with Crippen molar-refractivity contribution in [2.75, 3.05) is 13.6 Å². The van der Waals surface area contributed by atoms with Crippen molar-refractivity contribution in [3.8, 4) is 11.1 Å². The van der Waals surface area contributed by atoms with E-state index in [0.29, 0.717) is 19.5 Å². The van der Waals surface area contributed by atoms with Crippen molar-refractivity contribution in [3.63, 3.8) is 0 Å². The first kappa shape index (κ1) is 15.3. The highest BCUT2D eigenvalue weighted by Crippen LogP contribution is 2.24. The standard InChI is InChI=1S/C18H22N2O/c1-20(18(21)12-7-13-19)14-16-10-5-6-11-17(16)15-8-3-2-4-9-15/h2-6,8-11H,7,12-14,19H2,1H3. The van der Waals surface area contributed by atoms with E-state index < -0.39 is 0 Å².